The van der Waals surface area contributed by atoms with Gasteiger partial charge in [0.1, 0.15) is 5.65 Å². The van der Waals surface area contributed by atoms with Crippen LogP contribution in [-0.2, 0) is 0 Å². The number of halogens is 1. The molecule has 0 spiro atoms. The van der Waals surface area contributed by atoms with E-state index in [-0.39, 0.29) is 5.78 Å². The van der Waals surface area contributed by atoms with Gasteiger partial charge in [-0.1, -0.05) is 13.8 Å². The Morgan fingerprint density at radius 3 is 3.00 bits per heavy atom. The molecule has 2 aromatic rings. The van der Waals surface area contributed by atoms with E-state index in [4.69, 9.17) is 0 Å². The maximum Gasteiger partial charge on any atom is 0.165 e. The molecule has 1 N–H and O–H groups in total. The lowest BCUT2D eigenvalue weighted by Gasteiger charge is -2.02. The first-order valence-corrected chi connectivity index (χ1v) is 6.53. The molecule has 90 valence electrons. The smallest absolute Gasteiger partial charge is 0.165 e. The molecule has 2 rings (SSSR count). The van der Waals surface area contributed by atoms with Gasteiger partial charge in [0.05, 0.1) is 0 Å². The van der Waals surface area contributed by atoms with Gasteiger partial charge in [0.25, 0.3) is 0 Å². The molecule has 2 heterocycles. The number of Topliss-reactive ketones (excluding diaryl/α,β-unsaturated/α-hetero) is 1. The fourth-order valence-corrected chi connectivity index (χ4v) is 2.09. The van der Waals surface area contributed by atoms with Crippen molar-refractivity contribution in [1.29, 1.82) is 0 Å². The standard InChI is InChI=1S/C13H15BrN2O/c1-8(2)3-4-12(17)11-7-16-13-10(11)5-9(14)6-15-13/h5-8H,3-4H2,1-2H3,(H,15,16). The summed E-state index contributed by atoms with van der Waals surface area (Å²) in [6.45, 7) is 4.25. The average Bonchev–Trinajstić information content (AvgIpc) is 2.68. The molecule has 0 atom stereocenters. The lowest BCUT2D eigenvalue weighted by Crippen LogP contribution is -2.00. The van der Waals surface area contributed by atoms with E-state index < -0.39 is 0 Å². The Morgan fingerprint density at radius 1 is 1.53 bits per heavy atom. The number of rotatable bonds is 4. The highest BCUT2D eigenvalue weighted by Gasteiger charge is 2.13. The first kappa shape index (κ1) is 12.3. The van der Waals surface area contributed by atoms with Gasteiger partial charge in [-0.25, -0.2) is 4.98 Å². The predicted molar refractivity (Wildman–Crippen MR) is 72.2 cm³/mol. The molecule has 0 amide bonds. The number of fused-ring (bicyclic) bond motifs is 1. The number of ketones is 1. The van der Waals surface area contributed by atoms with Crippen LogP contribution < -0.4 is 0 Å². The average molecular weight is 295 g/mol. The van der Waals surface area contributed by atoms with Crippen molar-refractivity contribution in [2.45, 2.75) is 26.7 Å². The van der Waals surface area contributed by atoms with Crippen LogP contribution in [0, 0.1) is 5.92 Å². The number of aromatic amines is 1. The maximum absolute atomic E-state index is 12.1. The zero-order valence-corrected chi connectivity index (χ0v) is 11.5. The summed E-state index contributed by atoms with van der Waals surface area (Å²) in [6, 6.07) is 1.93. The Morgan fingerprint density at radius 2 is 2.29 bits per heavy atom. The van der Waals surface area contributed by atoms with E-state index >= 15 is 0 Å². The van der Waals surface area contributed by atoms with Gasteiger partial charge in [0, 0.05) is 34.2 Å². The molecule has 17 heavy (non-hydrogen) atoms. The minimum Gasteiger partial charge on any atom is -0.345 e. The number of hydrogen-bond acceptors (Lipinski definition) is 2. The molecule has 0 aromatic carbocycles. The highest BCUT2D eigenvalue weighted by Crippen LogP contribution is 2.22. The third kappa shape index (κ3) is 2.75. The van der Waals surface area contributed by atoms with Crippen LogP contribution in [0.1, 0.15) is 37.0 Å². The van der Waals surface area contributed by atoms with E-state index in [1.165, 1.54) is 0 Å². The molecule has 0 saturated heterocycles. The van der Waals surface area contributed by atoms with Gasteiger partial charge in [-0.05, 0) is 34.3 Å². The zero-order valence-electron chi connectivity index (χ0n) is 9.96. The van der Waals surface area contributed by atoms with Crippen LogP contribution in [0.4, 0.5) is 0 Å². The molecule has 0 saturated carbocycles. The minimum atomic E-state index is 0.185. The van der Waals surface area contributed by atoms with Crippen LogP contribution in [0.15, 0.2) is 22.9 Å². The van der Waals surface area contributed by atoms with E-state index in [1.54, 1.807) is 12.4 Å². The van der Waals surface area contributed by atoms with Crippen molar-refractivity contribution in [2.75, 3.05) is 0 Å². The van der Waals surface area contributed by atoms with Gasteiger partial charge in [0.15, 0.2) is 5.78 Å². The number of aromatic nitrogens is 2. The third-order valence-electron chi connectivity index (χ3n) is 2.75. The number of nitrogens with zero attached hydrogens (tertiary/aromatic N) is 1. The largest absolute Gasteiger partial charge is 0.345 e. The quantitative estimate of drug-likeness (QED) is 0.868. The molecule has 0 bridgehead atoms. The van der Waals surface area contributed by atoms with Crippen LogP contribution in [0.25, 0.3) is 11.0 Å². The zero-order chi connectivity index (χ0) is 12.4. The molecule has 4 heteroatoms. The fourth-order valence-electron chi connectivity index (χ4n) is 1.76. The maximum atomic E-state index is 12.1. The molecule has 2 aromatic heterocycles. The van der Waals surface area contributed by atoms with Crippen molar-refractivity contribution in [1.82, 2.24) is 9.97 Å². The topological polar surface area (TPSA) is 45.8 Å². The molecular formula is C13H15BrN2O. The number of carbonyl (C=O) groups is 1. The normalized spacial score (nSPS) is 11.3. The predicted octanol–water partition coefficient (Wildman–Crippen LogP) is 3.94. The second-order valence-corrected chi connectivity index (χ2v) is 5.52. The van der Waals surface area contributed by atoms with Crippen molar-refractivity contribution in [3.63, 3.8) is 0 Å². The van der Waals surface area contributed by atoms with E-state index in [0.29, 0.717) is 12.3 Å². The molecule has 3 nitrogen and oxygen atoms in total. The molecule has 0 aliphatic rings. The van der Waals surface area contributed by atoms with E-state index in [2.05, 4.69) is 39.7 Å². The summed E-state index contributed by atoms with van der Waals surface area (Å²) >= 11 is 3.37. The summed E-state index contributed by atoms with van der Waals surface area (Å²) < 4.78 is 0.891. The lowest BCUT2D eigenvalue weighted by molar-refractivity contribution is 0.0977. The lowest BCUT2D eigenvalue weighted by atomic mass is 10.0. The van der Waals surface area contributed by atoms with Gasteiger partial charge < -0.3 is 4.98 Å². The van der Waals surface area contributed by atoms with Crippen molar-refractivity contribution in [2.24, 2.45) is 5.92 Å². The molecule has 0 fully saturated rings. The monoisotopic (exact) mass is 294 g/mol. The molecule has 0 unspecified atom stereocenters. The summed E-state index contributed by atoms with van der Waals surface area (Å²) in [5.41, 5.74) is 1.51. The van der Waals surface area contributed by atoms with Gasteiger partial charge in [-0.2, -0.15) is 0 Å². The summed E-state index contributed by atoms with van der Waals surface area (Å²) in [6.07, 6.45) is 5.00. The molecule has 0 radical (unpaired) electrons. The van der Waals surface area contributed by atoms with Gasteiger partial charge >= 0.3 is 0 Å². The second kappa shape index (κ2) is 5.00. The highest BCUT2D eigenvalue weighted by molar-refractivity contribution is 9.10. The Bertz CT molecular complexity index is 545. The van der Waals surface area contributed by atoms with E-state index in [0.717, 1.165) is 27.5 Å². The van der Waals surface area contributed by atoms with Gasteiger partial charge in [-0.15, -0.1) is 0 Å². The summed E-state index contributed by atoms with van der Waals surface area (Å²) in [4.78, 5) is 19.3. The SMILES string of the molecule is CC(C)CCC(=O)c1c[nH]c2ncc(Br)cc12. The highest BCUT2D eigenvalue weighted by atomic mass is 79.9. The van der Waals surface area contributed by atoms with Crippen LogP contribution in [0.2, 0.25) is 0 Å². The first-order chi connectivity index (χ1) is 8.08. The fraction of sp³-hybridized carbons (Fsp3) is 0.385. The summed E-state index contributed by atoms with van der Waals surface area (Å²) in [5.74, 6) is 0.735. The van der Waals surface area contributed by atoms with Crippen molar-refractivity contribution < 1.29 is 4.79 Å². The molecule has 0 aliphatic heterocycles. The number of pyridine rings is 1. The third-order valence-corrected chi connectivity index (χ3v) is 3.18. The molecular weight excluding hydrogens is 280 g/mol. The number of nitrogens with one attached hydrogen (secondary N) is 1. The molecule has 0 aliphatic carbocycles. The number of H-pyrrole nitrogens is 1. The van der Waals surface area contributed by atoms with Crippen molar-refractivity contribution in [3.8, 4) is 0 Å². The number of carbonyl (C=O) groups excluding carboxylic acids is 1. The van der Waals surface area contributed by atoms with Crippen LogP contribution in [0.3, 0.4) is 0 Å². The summed E-state index contributed by atoms with van der Waals surface area (Å²) in [5, 5.41) is 0.896. The van der Waals surface area contributed by atoms with Crippen LogP contribution in [-0.4, -0.2) is 15.8 Å². The summed E-state index contributed by atoms with van der Waals surface area (Å²) in [7, 11) is 0. The van der Waals surface area contributed by atoms with Crippen LogP contribution in [0.5, 0.6) is 0 Å². The van der Waals surface area contributed by atoms with Gasteiger partial charge in [-0.3, -0.25) is 4.79 Å². The Labute approximate surface area is 109 Å². The minimum absolute atomic E-state index is 0.185. The first-order valence-electron chi connectivity index (χ1n) is 5.73. The number of hydrogen-bond donors (Lipinski definition) is 1. The Hall–Kier alpha value is -1.16. The van der Waals surface area contributed by atoms with E-state index in [9.17, 15) is 4.79 Å². The van der Waals surface area contributed by atoms with Crippen molar-refractivity contribution >= 4 is 32.7 Å². The van der Waals surface area contributed by atoms with Crippen molar-refractivity contribution in [3.05, 3.63) is 28.5 Å². The Balaban J connectivity index is 2.29. The van der Waals surface area contributed by atoms with Crippen LogP contribution >= 0.6 is 15.9 Å². The van der Waals surface area contributed by atoms with E-state index in [1.807, 2.05) is 6.07 Å². The van der Waals surface area contributed by atoms with Gasteiger partial charge in [0.2, 0.25) is 0 Å². The Kier molecular flexibility index (Phi) is 3.62. The second-order valence-electron chi connectivity index (χ2n) is 4.61.